The van der Waals surface area contributed by atoms with Crippen LogP contribution in [0.15, 0.2) is 17.8 Å². The average molecular weight is 207 g/mol. The molecule has 0 aromatic carbocycles. The van der Waals surface area contributed by atoms with Crippen molar-refractivity contribution in [2.75, 3.05) is 13.6 Å². The van der Waals surface area contributed by atoms with Gasteiger partial charge >= 0.3 is 0 Å². The van der Waals surface area contributed by atoms with Crippen LogP contribution in [0.4, 0.5) is 0 Å². The minimum absolute atomic E-state index is 0.130. The normalized spacial score (nSPS) is 23.5. The van der Waals surface area contributed by atoms with Crippen molar-refractivity contribution in [2.24, 2.45) is 4.99 Å². The molecule has 2 aliphatic rings. The molecule has 2 rings (SSSR count). The molecule has 1 saturated carbocycles. The summed E-state index contributed by atoms with van der Waals surface area (Å²) in [4.78, 5) is 19.7. The zero-order valence-electron chi connectivity index (χ0n) is 9.15. The lowest BCUT2D eigenvalue weighted by molar-refractivity contribution is -0.132. The Morgan fingerprint density at radius 1 is 1.60 bits per heavy atom. The molecule has 1 saturated heterocycles. The van der Waals surface area contributed by atoms with Gasteiger partial charge in [0.2, 0.25) is 5.91 Å². The molecule has 2 fully saturated rings. The summed E-state index contributed by atoms with van der Waals surface area (Å²) in [5.74, 6) is 0.267. The summed E-state index contributed by atoms with van der Waals surface area (Å²) in [6.45, 7) is 4.65. The SMILES string of the molecule is C=CN(C=NC)C1(N2CCCC2=O)CC1. The molecule has 1 heterocycles. The van der Waals surface area contributed by atoms with Crippen molar-refractivity contribution in [1.29, 1.82) is 0 Å². The highest BCUT2D eigenvalue weighted by molar-refractivity contribution is 5.80. The zero-order valence-corrected chi connectivity index (χ0v) is 9.15. The Morgan fingerprint density at radius 3 is 2.73 bits per heavy atom. The summed E-state index contributed by atoms with van der Waals surface area (Å²) in [7, 11) is 1.73. The number of likely N-dealkylation sites (tertiary alicyclic amines) is 1. The molecule has 0 bridgehead atoms. The van der Waals surface area contributed by atoms with Gasteiger partial charge in [0.15, 0.2) is 0 Å². The fraction of sp³-hybridized carbons (Fsp3) is 0.636. The first kappa shape index (κ1) is 10.2. The second-order valence-corrected chi connectivity index (χ2v) is 4.09. The summed E-state index contributed by atoms with van der Waals surface area (Å²) >= 11 is 0. The number of hydrogen-bond acceptors (Lipinski definition) is 2. The quantitative estimate of drug-likeness (QED) is 0.513. The number of amides is 1. The molecule has 4 nitrogen and oxygen atoms in total. The predicted octanol–water partition coefficient (Wildman–Crippen LogP) is 1.20. The van der Waals surface area contributed by atoms with Gasteiger partial charge in [-0.15, -0.1) is 0 Å². The molecule has 1 aliphatic carbocycles. The second-order valence-electron chi connectivity index (χ2n) is 4.09. The van der Waals surface area contributed by atoms with Crippen LogP contribution in [-0.4, -0.2) is 41.3 Å². The van der Waals surface area contributed by atoms with E-state index in [1.807, 2.05) is 9.80 Å². The third-order valence-electron chi connectivity index (χ3n) is 3.19. The van der Waals surface area contributed by atoms with E-state index in [4.69, 9.17) is 0 Å². The van der Waals surface area contributed by atoms with E-state index in [1.54, 1.807) is 19.6 Å². The van der Waals surface area contributed by atoms with Crippen molar-refractivity contribution in [3.63, 3.8) is 0 Å². The summed E-state index contributed by atoms with van der Waals surface area (Å²) in [6, 6.07) is 0. The highest BCUT2D eigenvalue weighted by atomic mass is 16.2. The number of rotatable bonds is 4. The van der Waals surface area contributed by atoms with E-state index in [9.17, 15) is 4.79 Å². The van der Waals surface area contributed by atoms with Crippen molar-refractivity contribution in [1.82, 2.24) is 9.80 Å². The van der Waals surface area contributed by atoms with Crippen LogP contribution < -0.4 is 0 Å². The van der Waals surface area contributed by atoms with Crippen LogP contribution in [0.2, 0.25) is 0 Å². The predicted molar refractivity (Wildman–Crippen MR) is 59.4 cm³/mol. The Hall–Kier alpha value is -1.32. The largest absolute Gasteiger partial charge is 0.319 e. The number of carbonyl (C=O) groups excluding carboxylic acids is 1. The maximum atomic E-state index is 11.7. The third-order valence-corrected chi connectivity index (χ3v) is 3.19. The molecule has 0 N–H and O–H groups in total. The van der Waals surface area contributed by atoms with E-state index in [1.165, 1.54) is 0 Å². The van der Waals surface area contributed by atoms with E-state index in [-0.39, 0.29) is 11.6 Å². The summed E-state index contributed by atoms with van der Waals surface area (Å²) in [5, 5.41) is 0. The van der Waals surface area contributed by atoms with Crippen molar-refractivity contribution < 1.29 is 4.79 Å². The molecule has 0 radical (unpaired) electrons. The molecule has 1 aliphatic heterocycles. The van der Waals surface area contributed by atoms with Crippen LogP contribution in [0.5, 0.6) is 0 Å². The van der Waals surface area contributed by atoms with E-state index in [0.717, 1.165) is 25.8 Å². The minimum Gasteiger partial charge on any atom is -0.319 e. The average Bonchev–Trinajstić information content (AvgIpc) is 2.92. The molecule has 15 heavy (non-hydrogen) atoms. The van der Waals surface area contributed by atoms with E-state index in [2.05, 4.69) is 11.6 Å². The van der Waals surface area contributed by atoms with Gasteiger partial charge in [0.25, 0.3) is 0 Å². The van der Waals surface area contributed by atoms with E-state index in [0.29, 0.717) is 6.42 Å². The van der Waals surface area contributed by atoms with Gasteiger partial charge in [-0.3, -0.25) is 9.79 Å². The van der Waals surface area contributed by atoms with Gasteiger partial charge in [-0.05, 0) is 19.3 Å². The van der Waals surface area contributed by atoms with Gasteiger partial charge < -0.3 is 9.80 Å². The zero-order chi connectivity index (χ0) is 10.9. The van der Waals surface area contributed by atoms with Crippen molar-refractivity contribution in [2.45, 2.75) is 31.3 Å². The van der Waals surface area contributed by atoms with Gasteiger partial charge in [0.1, 0.15) is 5.66 Å². The highest BCUT2D eigenvalue weighted by Crippen LogP contribution is 2.46. The fourth-order valence-corrected chi connectivity index (χ4v) is 2.32. The van der Waals surface area contributed by atoms with Crippen LogP contribution in [0.1, 0.15) is 25.7 Å². The summed E-state index contributed by atoms with van der Waals surface area (Å²) in [6.07, 6.45) is 7.23. The van der Waals surface area contributed by atoms with E-state index >= 15 is 0 Å². The monoisotopic (exact) mass is 207 g/mol. The Balaban J connectivity index is 2.18. The minimum atomic E-state index is -0.130. The third kappa shape index (κ3) is 1.54. The lowest BCUT2D eigenvalue weighted by atomic mass is 10.3. The Labute approximate surface area is 90.3 Å². The highest BCUT2D eigenvalue weighted by Gasteiger charge is 2.54. The van der Waals surface area contributed by atoms with Gasteiger partial charge in [-0.2, -0.15) is 0 Å². The van der Waals surface area contributed by atoms with Gasteiger partial charge in [-0.1, -0.05) is 6.58 Å². The van der Waals surface area contributed by atoms with Crippen LogP contribution in [0.25, 0.3) is 0 Å². The molecular formula is C11H17N3O. The van der Waals surface area contributed by atoms with E-state index < -0.39 is 0 Å². The molecule has 0 aromatic heterocycles. The molecular weight excluding hydrogens is 190 g/mol. The lowest BCUT2D eigenvalue weighted by Crippen LogP contribution is -2.48. The molecule has 0 unspecified atom stereocenters. The number of hydrogen-bond donors (Lipinski definition) is 0. The first-order chi connectivity index (χ1) is 7.24. The molecule has 4 heteroatoms. The van der Waals surface area contributed by atoms with Gasteiger partial charge in [-0.25, -0.2) is 0 Å². The van der Waals surface area contributed by atoms with Gasteiger partial charge in [0.05, 0.1) is 6.34 Å². The van der Waals surface area contributed by atoms with Crippen LogP contribution in [0, 0.1) is 0 Å². The van der Waals surface area contributed by atoms with Crippen LogP contribution >= 0.6 is 0 Å². The van der Waals surface area contributed by atoms with Crippen LogP contribution in [0.3, 0.4) is 0 Å². The molecule has 0 atom stereocenters. The standard InChI is InChI=1S/C11H17N3O/c1-3-13(9-12-2)11(6-7-11)14-8-4-5-10(14)15/h3,9H,1,4-8H2,2H3. The Morgan fingerprint density at radius 2 is 2.33 bits per heavy atom. The topological polar surface area (TPSA) is 35.9 Å². The number of aliphatic imine (C=N–C) groups is 1. The van der Waals surface area contributed by atoms with Crippen molar-refractivity contribution in [3.8, 4) is 0 Å². The smallest absolute Gasteiger partial charge is 0.224 e. The Kier molecular flexibility index (Phi) is 2.50. The lowest BCUT2D eigenvalue weighted by Gasteiger charge is -2.34. The first-order valence-electron chi connectivity index (χ1n) is 5.38. The van der Waals surface area contributed by atoms with Crippen molar-refractivity contribution in [3.05, 3.63) is 12.8 Å². The summed E-state index contributed by atoms with van der Waals surface area (Å²) in [5.41, 5.74) is -0.130. The summed E-state index contributed by atoms with van der Waals surface area (Å²) < 4.78 is 0. The maximum absolute atomic E-state index is 11.7. The van der Waals surface area contributed by atoms with Crippen molar-refractivity contribution >= 4 is 12.2 Å². The number of nitrogens with zero attached hydrogens (tertiary/aromatic N) is 3. The maximum Gasteiger partial charge on any atom is 0.224 e. The van der Waals surface area contributed by atoms with Crippen LogP contribution in [-0.2, 0) is 4.79 Å². The molecule has 0 spiro atoms. The number of carbonyl (C=O) groups is 1. The molecule has 0 aromatic rings. The van der Waals surface area contributed by atoms with Gasteiger partial charge in [0, 0.05) is 26.2 Å². The first-order valence-corrected chi connectivity index (χ1v) is 5.38. The molecule has 82 valence electrons. The second kappa shape index (κ2) is 3.68. The molecule has 1 amide bonds. The fourth-order valence-electron chi connectivity index (χ4n) is 2.32. The Bertz CT molecular complexity index is 307.